The summed E-state index contributed by atoms with van der Waals surface area (Å²) in [6.07, 6.45) is 5.23. The van der Waals surface area contributed by atoms with Crippen LogP contribution in [0.2, 0.25) is 0 Å². The van der Waals surface area contributed by atoms with E-state index in [4.69, 9.17) is 5.53 Å². The molecule has 154 valence electrons. The number of azide groups is 1. The van der Waals surface area contributed by atoms with Gasteiger partial charge >= 0.3 is 5.95 Å². The average Bonchev–Trinajstić information content (AvgIpc) is 3.04. The second-order valence-corrected chi connectivity index (χ2v) is 7.05. The molecule has 1 aromatic heterocycles. The number of halogens is 1. The fourth-order valence-corrected chi connectivity index (χ4v) is 4.07. The van der Waals surface area contributed by atoms with Gasteiger partial charge in [-0.15, -0.1) is 0 Å². The summed E-state index contributed by atoms with van der Waals surface area (Å²) in [5.41, 5.74) is 9.03. The van der Waals surface area contributed by atoms with E-state index in [0.29, 0.717) is 13.1 Å². The molecule has 3 aromatic rings. The van der Waals surface area contributed by atoms with Crippen molar-refractivity contribution in [1.29, 1.82) is 0 Å². The number of nitrogens with zero attached hydrogens (tertiary/aromatic N) is 6. The zero-order valence-corrected chi connectivity index (χ0v) is 18.0. The van der Waals surface area contributed by atoms with Gasteiger partial charge in [0.15, 0.2) is 6.04 Å². The van der Waals surface area contributed by atoms with Crippen LogP contribution in [-0.2, 0) is 5.72 Å². The second kappa shape index (κ2) is 9.71. The fourth-order valence-electron chi connectivity index (χ4n) is 4.07. The predicted molar refractivity (Wildman–Crippen MR) is 110 cm³/mol. The van der Waals surface area contributed by atoms with E-state index in [2.05, 4.69) is 15.0 Å². The van der Waals surface area contributed by atoms with Crippen molar-refractivity contribution in [3.63, 3.8) is 0 Å². The molecule has 0 amide bonds. The van der Waals surface area contributed by atoms with Crippen molar-refractivity contribution >= 4 is 5.95 Å². The Morgan fingerprint density at radius 1 is 1.07 bits per heavy atom. The number of aromatic nitrogens is 2. The molecule has 0 aliphatic carbocycles. The normalized spacial score (nSPS) is 19.5. The fraction of sp³-hybridized carbons (Fsp3) is 0.273. The molecule has 0 bridgehead atoms. The highest BCUT2D eigenvalue weighted by atomic mass is 79.9. The maximum absolute atomic E-state index is 12.2. The maximum atomic E-state index is 12.2. The van der Waals surface area contributed by atoms with Crippen molar-refractivity contribution < 1.29 is 26.7 Å². The Balaban J connectivity index is 0.00000256. The molecule has 2 heterocycles. The lowest BCUT2D eigenvalue weighted by Gasteiger charge is -2.33. The Morgan fingerprint density at radius 2 is 1.77 bits per heavy atom. The first-order chi connectivity index (χ1) is 14.3. The minimum absolute atomic E-state index is 0. The van der Waals surface area contributed by atoms with Crippen LogP contribution < -0.4 is 26.4 Å². The van der Waals surface area contributed by atoms with E-state index in [9.17, 15) is 5.11 Å². The molecular formula is C22H23BrN6O. The molecule has 0 radical (unpaired) electrons. The quantitative estimate of drug-likeness (QED) is 0.183. The topological polar surface area (TPSA) is 89.0 Å². The third-order valence-corrected chi connectivity index (χ3v) is 5.33. The van der Waals surface area contributed by atoms with Gasteiger partial charge in [0, 0.05) is 23.1 Å². The second-order valence-electron chi connectivity index (χ2n) is 7.05. The van der Waals surface area contributed by atoms with E-state index >= 15 is 0 Å². The molecule has 0 saturated carbocycles. The van der Waals surface area contributed by atoms with Gasteiger partial charge in [-0.3, -0.25) is 0 Å². The number of fused-ring (bicyclic) bond motifs is 1. The molecule has 0 fully saturated rings. The SMILES string of the molecule is [Br-].[N-]=[N+]=NCCCCN1c2nccc[n+]2C(c2ccccc2)C1(O)c1ccccc1. The van der Waals surface area contributed by atoms with Crippen molar-refractivity contribution in [1.82, 2.24) is 4.98 Å². The monoisotopic (exact) mass is 466 g/mol. The Hall–Kier alpha value is -2.93. The van der Waals surface area contributed by atoms with Crippen LogP contribution in [0.1, 0.15) is 30.0 Å². The zero-order valence-electron chi connectivity index (χ0n) is 16.4. The summed E-state index contributed by atoms with van der Waals surface area (Å²) >= 11 is 0. The molecule has 2 unspecified atom stereocenters. The third-order valence-electron chi connectivity index (χ3n) is 5.33. The highest BCUT2D eigenvalue weighted by molar-refractivity contribution is 5.43. The summed E-state index contributed by atoms with van der Waals surface area (Å²) in [7, 11) is 0. The Labute approximate surface area is 186 Å². The molecule has 1 N–H and O–H groups in total. The molecule has 8 heteroatoms. The van der Waals surface area contributed by atoms with E-state index in [-0.39, 0.29) is 23.0 Å². The lowest BCUT2D eigenvalue weighted by molar-refractivity contribution is -0.703. The first-order valence-corrected chi connectivity index (χ1v) is 9.74. The molecule has 2 aromatic carbocycles. The summed E-state index contributed by atoms with van der Waals surface area (Å²) in [5, 5.41) is 15.9. The number of rotatable bonds is 7. The van der Waals surface area contributed by atoms with E-state index < -0.39 is 5.72 Å². The third kappa shape index (κ3) is 3.89. The molecule has 1 aliphatic heterocycles. The number of benzene rings is 2. The van der Waals surface area contributed by atoms with Gasteiger partial charge in [-0.25, -0.2) is 9.47 Å². The molecular weight excluding hydrogens is 444 g/mol. The minimum atomic E-state index is -1.29. The van der Waals surface area contributed by atoms with Crippen molar-refractivity contribution in [2.24, 2.45) is 5.11 Å². The van der Waals surface area contributed by atoms with E-state index in [1.54, 1.807) is 6.20 Å². The summed E-state index contributed by atoms with van der Waals surface area (Å²) in [4.78, 5) is 9.38. The number of unbranched alkanes of at least 4 members (excludes halogenated alkanes) is 1. The number of hydrogen-bond donors (Lipinski definition) is 1. The predicted octanol–water partition coefficient (Wildman–Crippen LogP) is 0.718. The smallest absolute Gasteiger partial charge is 0.397 e. The summed E-state index contributed by atoms with van der Waals surface area (Å²) in [6, 6.07) is 21.3. The highest BCUT2D eigenvalue weighted by Crippen LogP contribution is 2.44. The molecule has 7 nitrogen and oxygen atoms in total. The maximum Gasteiger partial charge on any atom is 0.397 e. The van der Waals surface area contributed by atoms with Gasteiger partial charge in [-0.1, -0.05) is 70.8 Å². The molecule has 1 aliphatic rings. The zero-order chi connectivity index (χ0) is 20.1. The Kier molecular flexibility index (Phi) is 7.05. The van der Waals surface area contributed by atoms with Crippen LogP contribution in [-0.4, -0.2) is 23.2 Å². The number of anilines is 1. The van der Waals surface area contributed by atoms with Crippen LogP contribution >= 0.6 is 0 Å². The van der Waals surface area contributed by atoms with Gasteiger partial charge in [0.05, 0.1) is 12.7 Å². The van der Waals surface area contributed by atoms with Gasteiger partial charge in [0.1, 0.15) is 6.20 Å². The van der Waals surface area contributed by atoms with Gasteiger partial charge in [0.2, 0.25) is 0 Å². The molecule has 2 atom stereocenters. The summed E-state index contributed by atoms with van der Waals surface area (Å²) in [5.74, 6) is 0.719. The van der Waals surface area contributed by atoms with E-state index in [1.165, 1.54) is 0 Å². The lowest BCUT2D eigenvalue weighted by Crippen LogP contribution is -3.00. The van der Waals surface area contributed by atoms with Crippen LogP contribution in [0.25, 0.3) is 10.4 Å². The van der Waals surface area contributed by atoms with Crippen LogP contribution in [0.3, 0.4) is 0 Å². The number of hydrogen-bond acceptors (Lipinski definition) is 4. The van der Waals surface area contributed by atoms with Gasteiger partial charge < -0.3 is 22.1 Å². The van der Waals surface area contributed by atoms with Gasteiger partial charge in [-0.2, -0.15) is 0 Å². The Bertz CT molecular complexity index is 1010. The van der Waals surface area contributed by atoms with Gasteiger partial charge in [0.25, 0.3) is 5.72 Å². The van der Waals surface area contributed by atoms with E-state index in [1.807, 2.05) is 82.4 Å². The minimum Gasteiger partial charge on any atom is -1.00 e. The Morgan fingerprint density at radius 3 is 2.47 bits per heavy atom. The number of aliphatic hydroxyl groups is 1. The molecule has 30 heavy (non-hydrogen) atoms. The van der Waals surface area contributed by atoms with Gasteiger partial charge in [-0.05, 0) is 23.9 Å². The lowest BCUT2D eigenvalue weighted by atomic mass is 9.89. The highest BCUT2D eigenvalue weighted by Gasteiger charge is 2.59. The first-order valence-electron chi connectivity index (χ1n) is 9.74. The van der Waals surface area contributed by atoms with Crippen LogP contribution in [0.4, 0.5) is 5.95 Å². The summed E-state index contributed by atoms with van der Waals surface area (Å²) < 4.78 is 2.04. The largest absolute Gasteiger partial charge is 1.00 e. The standard InChI is InChI=1S/C22H23N6O.BrH/c23-26-25-15-7-8-17-28-21-24-14-9-16-27(21)20(18-10-3-1-4-11-18)22(28,29)19-12-5-2-6-13-19;/h1-6,9-14,16,20,29H,7-8,15,17H2;1H/q+1;/p-1. The molecule has 0 spiro atoms. The first kappa shape index (κ1) is 21.8. The van der Waals surface area contributed by atoms with Crippen molar-refractivity contribution in [3.8, 4) is 0 Å². The average molecular weight is 467 g/mol. The van der Waals surface area contributed by atoms with E-state index in [0.717, 1.165) is 29.9 Å². The van der Waals surface area contributed by atoms with Crippen molar-refractivity contribution in [3.05, 3.63) is 101 Å². The van der Waals surface area contributed by atoms with Crippen molar-refractivity contribution in [2.75, 3.05) is 18.0 Å². The summed E-state index contributed by atoms with van der Waals surface area (Å²) in [6.45, 7) is 1.03. The van der Waals surface area contributed by atoms with Crippen LogP contribution in [0.5, 0.6) is 0 Å². The van der Waals surface area contributed by atoms with Crippen LogP contribution in [0, 0.1) is 0 Å². The molecule has 4 rings (SSSR count). The molecule has 0 saturated heterocycles. The van der Waals surface area contributed by atoms with Crippen LogP contribution in [0.15, 0.2) is 84.2 Å². The van der Waals surface area contributed by atoms with Crippen molar-refractivity contribution in [2.45, 2.75) is 24.6 Å².